The molecule has 6 heteroatoms. The predicted octanol–water partition coefficient (Wildman–Crippen LogP) is 2.22. The molecule has 0 radical (unpaired) electrons. The van der Waals surface area contributed by atoms with Gasteiger partial charge in [0, 0.05) is 11.4 Å². The Labute approximate surface area is 123 Å². The minimum absolute atomic E-state index is 0.171. The van der Waals surface area contributed by atoms with E-state index in [1.165, 1.54) is 6.92 Å². The number of carbonyl (C=O) groups excluding carboxylic acids is 2. The van der Waals surface area contributed by atoms with Crippen molar-refractivity contribution in [2.24, 2.45) is 5.73 Å². The lowest BCUT2D eigenvalue weighted by Crippen LogP contribution is -2.30. The molecule has 0 aromatic heterocycles. The van der Waals surface area contributed by atoms with E-state index in [-0.39, 0.29) is 6.42 Å². The lowest BCUT2D eigenvalue weighted by atomic mass is 10.2. The number of ether oxygens (including phenoxy) is 2. The first-order chi connectivity index (χ1) is 9.40. The Morgan fingerprint density at radius 1 is 1.40 bits per heavy atom. The molecule has 1 aromatic carbocycles. The van der Waals surface area contributed by atoms with Crippen LogP contribution in [0.25, 0.3) is 0 Å². The van der Waals surface area contributed by atoms with Crippen LogP contribution in [0.2, 0.25) is 5.02 Å². The van der Waals surface area contributed by atoms with E-state index in [0.717, 1.165) is 11.3 Å². The first kappa shape index (κ1) is 16.3. The number of hydrogen-bond acceptors (Lipinski definition) is 4. The van der Waals surface area contributed by atoms with Gasteiger partial charge in [-0.25, -0.2) is 0 Å². The standard InChI is InChI=1S/C14H18ClNO4/c1-9-8-11(15)5-6-12(9)19-7-3-4-13(17)20-10(2)14(16)18/h5-6,8,10H,3-4,7H2,1-2H3,(H2,16,18)/t10-/m0/s1. The van der Waals surface area contributed by atoms with E-state index in [1.54, 1.807) is 18.2 Å². The number of primary amides is 1. The number of benzene rings is 1. The van der Waals surface area contributed by atoms with Gasteiger partial charge < -0.3 is 15.2 Å². The van der Waals surface area contributed by atoms with Gasteiger partial charge in [-0.2, -0.15) is 0 Å². The number of esters is 1. The Hall–Kier alpha value is -1.75. The van der Waals surface area contributed by atoms with Crippen LogP contribution in [-0.4, -0.2) is 24.6 Å². The van der Waals surface area contributed by atoms with E-state index in [9.17, 15) is 9.59 Å². The number of carbonyl (C=O) groups is 2. The van der Waals surface area contributed by atoms with Gasteiger partial charge in [0.25, 0.3) is 5.91 Å². The molecule has 5 nitrogen and oxygen atoms in total. The highest BCUT2D eigenvalue weighted by molar-refractivity contribution is 6.30. The summed E-state index contributed by atoms with van der Waals surface area (Å²) in [6.07, 6.45) is -0.238. The molecular weight excluding hydrogens is 282 g/mol. The fourth-order valence-corrected chi connectivity index (χ4v) is 1.71. The summed E-state index contributed by atoms with van der Waals surface area (Å²) < 4.78 is 10.4. The van der Waals surface area contributed by atoms with E-state index in [2.05, 4.69) is 0 Å². The van der Waals surface area contributed by atoms with Crippen LogP contribution in [0.3, 0.4) is 0 Å². The van der Waals surface area contributed by atoms with Crippen LogP contribution in [0.4, 0.5) is 0 Å². The highest BCUT2D eigenvalue weighted by atomic mass is 35.5. The van der Waals surface area contributed by atoms with Gasteiger partial charge in [-0.15, -0.1) is 0 Å². The molecule has 20 heavy (non-hydrogen) atoms. The Kier molecular flexibility index (Phi) is 6.31. The molecule has 0 heterocycles. The Morgan fingerprint density at radius 3 is 2.70 bits per heavy atom. The van der Waals surface area contributed by atoms with Gasteiger partial charge in [0.05, 0.1) is 6.61 Å². The highest BCUT2D eigenvalue weighted by Crippen LogP contribution is 2.21. The van der Waals surface area contributed by atoms with Gasteiger partial charge >= 0.3 is 5.97 Å². The monoisotopic (exact) mass is 299 g/mol. The zero-order chi connectivity index (χ0) is 15.1. The molecular formula is C14H18ClNO4. The van der Waals surface area contributed by atoms with Gasteiger partial charge in [0.15, 0.2) is 6.10 Å². The molecule has 0 spiro atoms. The SMILES string of the molecule is Cc1cc(Cl)ccc1OCCCC(=O)O[C@@H](C)C(N)=O. The van der Waals surface area contributed by atoms with E-state index < -0.39 is 18.0 Å². The second-order valence-corrected chi connectivity index (χ2v) is 4.83. The summed E-state index contributed by atoms with van der Waals surface area (Å²) >= 11 is 5.84. The van der Waals surface area contributed by atoms with E-state index in [0.29, 0.717) is 18.1 Å². The summed E-state index contributed by atoms with van der Waals surface area (Å²) in [6, 6.07) is 5.33. The molecule has 0 unspecified atom stereocenters. The van der Waals surface area contributed by atoms with Crippen LogP contribution >= 0.6 is 11.6 Å². The molecule has 0 fully saturated rings. The van der Waals surface area contributed by atoms with Crippen molar-refractivity contribution in [1.82, 2.24) is 0 Å². The minimum atomic E-state index is -0.901. The van der Waals surface area contributed by atoms with Crippen LogP contribution in [0, 0.1) is 6.92 Å². The zero-order valence-corrected chi connectivity index (χ0v) is 12.3. The molecule has 0 saturated carbocycles. The Balaban J connectivity index is 2.28. The molecule has 2 N–H and O–H groups in total. The lowest BCUT2D eigenvalue weighted by molar-refractivity contribution is -0.153. The number of rotatable bonds is 7. The summed E-state index contributed by atoms with van der Waals surface area (Å²) in [5.41, 5.74) is 5.93. The summed E-state index contributed by atoms with van der Waals surface area (Å²) in [5.74, 6) is -0.396. The van der Waals surface area contributed by atoms with E-state index in [4.69, 9.17) is 26.8 Å². The summed E-state index contributed by atoms with van der Waals surface area (Å²) in [7, 11) is 0. The minimum Gasteiger partial charge on any atom is -0.493 e. The number of aryl methyl sites for hydroxylation is 1. The molecule has 0 saturated heterocycles. The number of nitrogens with two attached hydrogens (primary N) is 1. The molecule has 1 rings (SSSR count). The van der Waals surface area contributed by atoms with Crippen molar-refractivity contribution in [1.29, 1.82) is 0 Å². The maximum Gasteiger partial charge on any atom is 0.306 e. The molecule has 0 aliphatic rings. The smallest absolute Gasteiger partial charge is 0.306 e. The van der Waals surface area contributed by atoms with Gasteiger partial charge in [-0.1, -0.05) is 11.6 Å². The summed E-state index contributed by atoms with van der Waals surface area (Å²) in [4.78, 5) is 22.1. The summed E-state index contributed by atoms with van der Waals surface area (Å²) in [5, 5.41) is 0.652. The molecule has 1 amide bonds. The van der Waals surface area contributed by atoms with Crippen LogP contribution < -0.4 is 10.5 Å². The van der Waals surface area contributed by atoms with Crippen molar-refractivity contribution < 1.29 is 19.1 Å². The molecule has 1 atom stereocenters. The van der Waals surface area contributed by atoms with Crippen LogP contribution in [0.1, 0.15) is 25.3 Å². The van der Waals surface area contributed by atoms with Gasteiger partial charge in [-0.05, 0) is 44.0 Å². The third-order valence-corrected chi connectivity index (χ3v) is 2.86. The summed E-state index contributed by atoms with van der Waals surface area (Å²) in [6.45, 7) is 3.71. The van der Waals surface area contributed by atoms with Crippen LogP contribution in [0.15, 0.2) is 18.2 Å². The van der Waals surface area contributed by atoms with E-state index in [1.807, 2.05) is 6.92 Å². The lowest BCUT2D eigenvalue weighted by Gasteiger charge is -2.11. The van der Waals surface area contributed by atoms with Crippen molar-refractivity contribution in [2.45, 2.75) is 32.8 Å². The quantitative estimate of drug-likeness (QED) is 0.618. The fraction of sp³-hybridized carbons (Fsp3) is 0.429. The molecule has 0 bridgehead atoms. The zero-order valence-electron chi connectivity index (χ0n) is 11.5. The number of halogens is 1. The molecule has 110 valence electrons. The average Bonchev–Trinajstić information content (AvgIpc) is 2.36. The second-order valence-electron chi connectivity index (χ2n) is 4.40. The van der Waals surface area contributed by atoms with Crippen molar-refractivity contribution in [3.05, 3.63) is 28.8 Å². The maximum absolute atomic E-state index is 11.4. The van der Waals surface area contributed by atoms with E-state index >= 15 is 0 Å². The first-order valence-electron chi connectivity index (χ1n) is 6.28. The molecule has 0 aliphatic heterocycles. The van der Waals surface area contributed by atoms with Crippen molar-refractivity contribution in [2.75, 3.05) is 6.61 Å². The second kappa shape index (κ2) is 7.75. The van der Waals surface area contributed by atoms with Gasteiger partial charge in [0.2, 0.25) is 0 Å². The van der Waals surface area contributed by atoms with Crippen molar-refractivity contribution >= 4 is 23.5 Å². The van der Waals surface area contributed by atoms with Crippen LogP contribution in [-0.2, 0) is 14.3 Å². The third kappa shape index (κ3) is 5.48. The predicted molar refractivity (Wildman–Crippen MR) is 75.7 cm³/mol. The van der Waals surface area contributed by atoms with Crippen molar-refractivity contribution in [3.63, 3.8) is 0 Å². The highest BCUT2D eigenvalue weighted by Gasteiger charge is 2.14. The average molecular weight is 300 g/mol. The molecule has 0 aliphatic carbocycles. The Bertz CT molecular complexity index is 490. The fourth-order valence-electron chi connectivity index (χ4n) is 1.49. The largest absolute Gasteiger partial charge is 0.493 e. The first-order valence-corrected chi connectivity index (χ1v) is 6.65. The van der Waals surface area contributed by atoms with Gasteiger partial charge in [-0.3, -0.25) is 9.59 Å². The van der Waals surface area contributed by atoms with Gasteiger partial charge in [0.1, 0.15) is 5.75 Å². The van der Waals surface area contributed by atoms with Crippen molar-refractivity contribution in [3.8, 4) is 5.75 Å². The topological polar surface area (TPSA) is 78.6 Å². The third-order valence-electron chi connectivity index (χ3n) is 2.63. The molecule has 1 aromatic rings. The number of amides is 1. The number of hydrogen-bond donors (Lipinski definition) is 1. The Morgan fingerprint density at radius 2 is 2.10 bits per heavy atom. The maximum atomic E-state index is 11.4. The van der Waals surface area contributed by atoms with Crippen LogP contribution in [0.5, 0.6) is 5.75 Å². The normalized spacial score (nSPS) is 11.8.